The molecule has 1 aliphatic heterocycles. The van der Waals surface area contributed by atoms with Gasteiger partial charge in [0.15, 0.2) is 0 Å². The fraction of sp³-hybridized carbons (Fsp3) is 0.571. The van der Waals surface area contributed by atoms with Crippen LogP contribution in [0.5, 0.6) is 0 Å². The van der Waals surface area contributed by atoms with Crippen molar-refractivity contribution in [1.29, 1.82) is 0 Å². The van der Waals surface area contributed by atoms with Gasteiger partial charge < -0.3 is 10.5 Å². The van der Waals surface area contributed by atoms with Gasteiger partial charge >= 0.3 is 0 Å². The van der Waals surface area contributed by atoms with Gasteiger partial charge in [-0.1, -0.05) is 24.3 Å². The molecule has 0 bridgehead atoms. The molecule has 2 N–H and O–H groups in total. The van der Waals surface area contributed by atoms with Gasteiger partial charge in [0.25, 0.3) is 0 Å². The Labute approximate surface area is 102 Å². The summed E-state index contributed by atoms with van der Waals surface area (Å²) in [6.45, 7) is 3.45. The van der Waals surface area contributed by atoms with Crippen LogP contribution in [0.4, 0.5) is 4.39 Å². The minimum Gasteiger partial charge on any atom is -0.381 e. The van der Waals surface area contributed by atoms with Crippen molar-refractivity contribution < 1.29 is 9.13 Å². The van der Waals surface area contributed by atoms with Crippen molar-refractivity contribution >= 4 is 0 Å². The van der Waals surface area contributed by atoms with Gasteiger partial charge in [0.05, 0.1) is 6.61 Å². The summed E-state index contributed by atoms with van der Waals surface area (Å²) in [5, 5.41) is 0. The van der Waals surface area contributed by atoms with E-state index in [4.69, 9.17) is 10.5 Å². The second-order valence-corrected chi connectivity index (χ2v) is 4.88. The Morgan fingerprint density at radius 3 is 3.00 bits per heavy atom. The number of nitrogens with two attached hydrogens (primary N) is 1. The molecule has 0 aliphatic carbocycles. The van der Waals surface area contributed by atoms with Crippen molar-refractivity contribution in [3.05, 3.63) is 35.4 Å². The summed E-state index contributed by atoms with van der Waals surface area (Å²) < 4.78 is 20.1. The number of hydrogen-bond donors (Lipinski definition) is 1. The van der Waals surface area contributed by atoms with E-state index in [9.17, 15) is 4.39 Å². The van der Waals surface area contributed by atoms with Gasteiger partial charge in [-0.2, -0.15) is 0 Å². The van der Waals surface area contributed by atoms with Crippen molar-refractivity contribution in [2.45, 2.75) is 25.4 Å². The van der Waals surface area contributed by atoms with Crippen molar-refractivity contribution in [3.63, 3.8) is 0 Å². The molecular formula is C14H20FNO. The Balaban J connectivity index is 2.22. The molecule has 1 aromatic rings. The fourth-order valence-electron chi connectivity index (χ4n) is 2.40. The lowest BCUT2D eigenvalue weighted by atomic mass is 9.83. The highest BCUT2D eigenvalue weighted by molar-refractivity contribution is 5.29. The van der Waals surface area contributed by atoms with E-state index in [1.807, 2.05) is 24.3 Å². The van der Waals surface area contributed by atoms with Gasteiger partial charge in [-0.15, -0.1) is 0 Å². The van der Waals surface area contributed by atoms with Gasteiger partial charge in [0.1, 0.15) is 5.67 Å². The minimum atomic E-state index is -1.30. The maximum absolute atomic E-state index is 14.8. The summed E-state index contributed by atoms with van der Waals surface area (Å²) in [5.74, 6) is -0.0318. The van der Waals surface area contributed by atoms with Crippen LogP contribution in [0, 0.1) is 5.92 Å². The molecule has 94 valence electrons. The van der Waals surface area contributed by atoms with Crippen LogP contribution in [0.3, 0.4) is 0 Å². The molecule has 1 aromatic carbocycles. The number of ether oxygens (including phenoxy) is 1. The van der Waals surface area contributed by atoms with Gasteiger partial charge in [0.2, 0.25) is 0 Å². The standard InChI is InChI=1S/C14H20FNO/c1-14(15,13-6-8-17-10-13)12-4-2-3-11(9-12)5-7-16/h2-4,9,13H,5-8,10,16H2,1H3. The molecule has 0 saturated carbocycles. The molecule has 1 aliphatic rings. The Hall–Kier alpha value is -0.930. The van der Waals surface area contributed by atoms with Crippen molar-refractivity contribution in [2.75, 3.05) is 19.8 Å². The van der Waals surface area contributed by atoms with E-state index in [-0.39, 0.29) is 5.92 Å². The van der Waals surface area contributed by atoms with Crippen molar-refractivity contribution in [3.8, 4) is 0 Å². The highest BCUT2D eigenvalue weighted by Gasteiger charge is 2.38. The zero-order chi connectivity index (χ0) is 12.3. The zero-order valence-electron chi connectivity index (χ0n) is 10.3. The van der Waals surface area contributed by atoms with E-state index in [1.165, 1.54) is 0 Å². The SMILES string of the molecule is CC(F)(c1cccc(CCN)c1)C1CCOC1. The van der Waals surface area contributed by atoms with Crippen LogP contribution in [0.2, 0.25) is 0 Å². The van der Waals surface area contributed by atoms with E-state index < -0.39 is 5.67 Å². The maximum atomic E-state index is 14.8. The monoisotopic (exact) mass is 237 g/mol. The average molecular weight is 237 g/mol. The predicted molar refractivity (Wildman–Crippen MR) is 66.6 cm³/mol. The van der Waals surface area contributed by atoms with E-state index >= 15 is 0 Å². The van der Waals surface area contributed by atoms with E-state index in [2.05, 4.69) is 0 Å². The second-order valence-electron chi connectivity index (χ2n) is 4.88. The summed E-state index contributed by atoms with van der Waals surface area (Å²) in [5.41, 5.74) is 6.08. The lowest BCUT2D eigenvalue weighted by Gasteiger charge is -2.27. The van der Waals surface area contributed by atoms with Crippen LogP contribution in [-0.4, -0.2) is 19.8 Å². The molecule has 1 fully saturated rings. The molecule has 2 rings (SSSR count). The Kier molecular flexibility index (Phi) is 3.79. The molecule has 2 unspecified atom stereocenters. The van der Waals surface area contributed by atoms with E-state index in [1.54, 1.807) is 6.92 Å². The van der Waals surface area contributed by atoms with Crippen LogP contribution < -0.4 is 5.73 Å². The highest BCUT2D eigenvalue weighted by Crippen LogP contribution is 2.38. The van der Waals surface area contributed by atoms with Crippen LogP contribution >= 0.6 is 0 Å². The molecule has 1 saturated heterocycles. The molecule has 0 amide bonds. The molecule has 2 nitrogen and oxygen atoms in total. The molecule has 0 spiro atoms. The van der Waals surface area contributed by atoms with Gasteiger partial charge in [-0.25, -0.2) is 4.39 Å². The summed E-state index contributed by atoms with van der Waals surface area (Å²) in [4.78, 5) is 0. The molecule has 17 heavy (non-hydrogen) atoms. The second kappa shape index (κ2) is 5.15. The smallest absolute Gasteiger partial charge is 0.138 e. The largest absolute Gasteiger partial charge is 0.381 e. The first-order valence-corrected chi connectivity index (χ1v) is 6.20. The van der Waals surface area contributed by atoms with E-state index in [0.717, 1.165) is 24.0 Å². The van der Waals surface area contributed by atoms with Gasteiger partial charge in [-0.05, 0) is 37.4 Å². The molecule has 0 aromatic heterocycles. The zero-order valence-corrected chi connectivity index (χ0v) is 10.3. The summed E-state index contributed by atoms with van der Waals surface area (Å²) in [6.07, 6.45) is 1.60. The minimum absolute atomic E-state index is 0.0318. The Bertz CT molecular complexity index is 372. The third-order valence-electron chi connectivity index (χ3n) is 3.62. The average Bonchev–Trinajstić information content (AvgIpc) is 2.84. The first kappa shape index (κ1) is 12.5. The Morgan fingerprint density at radius 2 is 2.35 bits per heavy atom. The number of alkyl halides is 1. The Morgan fingerprint density at radius 1 is 1.53 bits per heavy atom. The number of hydrogen-bond acceptors (Lipinski definition) is 2. The van der Waals surface area contributed by atoms with Gasteiger partial charge in [0, 0.05) is 12.5 Å². The third-order valence-corrected chi connectivity index (χ3v) is 3.62. The van der Waals surface area contributed by atoms with Crippen LogP contribution in [0.15, 0.2) is 24.3 Å². The summed E-state index contributed by atoms with van der Waals surface area (Å²) >= 11 is 0. The predicted octanol–water partition coefficient (Wildman–Crippen LogP) is 2.41. The molecule has 1 heterocycles. The first-order valence-electron chi connectivity index (χ1n) is 6.20. The number of rotatable bonds is 4. The van der Waals surface area contributed by atoms with Crippen molar-refractivity contribution in [1.82, 2.24) is 0 Å². The normalized spacial score (nSPS) is 23.6. The number of halogens is 1. The first-order chi connectivity index (χ1) is 8.14. The molecular weight excluding hydrogens is 217 g/mol. The highest BCUT2D eigenvalue weighted by atomic mass is 19.1. The summed E-state index contributed by atoms with van der Waals surface area (Å²) in [6, 6.07) is 7.70. The van der Waals surface area contributed by atoms with Crippen LogP contribution in [0.1, 0.15) is 24.5 Å². The van der Waals surface area contributed by atoms with Crippen molar-refractivity contribution in [2.24, 2.45) is 11.7 Å². The quantitative estimate of drug-likeness (QED) is 0.872. The number of benzene rings is 1. The lowest BCUT2D eigenvalue weighted by Crippen LogP contribution is -2.27. The maximum Gasteiger partial charge on any atom is 0.138 e. The lowest BCUT2D eigenvalue weighted by molar-refractivity contribution is 0.0823. The third kappa shape index (κ3) is 2.67. The fourth-order valence-corrected chi connectivity index (χ4v) is 2.40. The molecule has 2 atom stereocenters. The van der Waals surface area contributed by atoms with E-state index in [0.29, 0.717) is 19.8 Å². The topological polar surface area (TPSA) is 35.2 Å². The molecule has 0 radical (unpaired) electrons. The van der Waals surface area contributed by atoms with Crippen LogP contribution in [0.25, 0.3) is 0 Å². The summed E-state index contributed by atoms with van der Waals surface area (Å²) in [7, 11) is 0. The van der Waals surface area contributed by atoms with Gasteiger partial charge in [-0.3, -0.25) is 0 Å². The molecule has 3 heteroatoms. The van der Waals surface area contributed by atoms with Crippen LogP contribution in [-0.2, 0) is 16.8 Å².